The van der Waals surface area contributed by atoms with E-state index in [1.165, 1.54) is 12.1 Å². The third-order valence-corrected chi connectivity index (χ3v) is 4.55. The third-order valence-electron chi connectivity index (χ3n) is 3.68. The number of carboxylic acid groups (broad SMARTS) is 1. The fourth-order valence-electron chi connectivity index (χ4n) is 2.26. The molecule has 1 N–H and O–H groups in total. The Bertz CT molecular complexity index is 579. The van der Waals surface area contributed by atoms with E-state index in [-0.39, 0.29) is 21.6 Å². The van der Waals surface area contributed by atoms with E-state index in [1.54, 1.807) is 0 Å². The van der Waals surface area contributed by atoms with E-state index in [9.17, 15) is 14.7 Å². The van der Waals surface area contributed by atoms with Gasteiger partial charge in [-0.15, -0.1) is 0 Å². The molecule has 0 amide bonds. The minimum Gasteiger partial charge on any atom is -0.478 e. The molecule has 0 aromatic heterocycles. The Balaban J connectivity index is 2.29. The van der Waals surface area contributed by atoms with Crippen molar-refractivity contribution in [2.45, 2.75) is 44.6 Å². The number of aliphatic carboxylic acids is 1. The van der Waals surface area contributed by atoms with E-state index >= 15 is 0 Å². The predicted octanol–water partition coefficient (Wildman–Crippen LogP) is 4.36. The summed E-state index contributed by atoms with van der Waals surface area (Å²) in [6, 6.07) is 3.05. The molecule has 1 aliphatic rings. The van der Waals surface area contributed by atoms with E-state index in [0.29, 0.717) is 31.2 Å². The van der Waals surface area contributed by atoms with Gasteiger partial charge in [0.05, 0.1) is 5.02 Å². The van der Waals surface area contributed by atoms with Crippen LogP contribution in [0.5, 0.6) is 5.75 Å². The highest BCUT2D eigenvalue weighted by molar-refractivity contribution is 6.44. The van der Waals surface area contributed by atoms with Gasteiger partial charge >= 0.3 is 5.97 Å². The van der Waals surface area contributed by atoms with Gasteiger partial charge in [-0.3, -0.25) is 4.79 Å². The summed E-state index contributed by atoms with van der Waals surface area (Å²) in [7, 11) is 0. The van der Waals surface area contributed by atoms with Crippen LogP contribution in [0.3, 0.4) is 0 Å². The van der Waals surface area contributed by atoms with Crippen LogP contribution >= 0.6 is 23.2 Å². The van der Waals surface area contributed by atoms with Crippen LogP contribution in [0.15, 0.2) is 12.1 Å². The summed E-state index contributed by atoms with van der Waals surface area (Å²) < 4.78 is 5.58. The highest BCUT2D eigenvalue weighted by Crippen LogP contribution is 2.42. The van der Waals surface area contributed by atoms with Crippen molar-refractivity contribution in [1.29, 1.82) is 0 Å². The molecule has 0 spiro atoms. The van der Waals surface area contributed by atoms with Gasteiger partial charge in [0.1, 0.15) is 10.8 Å². The smallest absolute Gasteiger partial charge is 0.348 e. The van der Waals surface area contributed by atoms with E-state index in [4.69, 9.17) is 27.9 Å². The molecular weight excluding hydrogens is 315 g/mol. The molecule has 0 saturated heterocycles. The Kier molecular flexibility index (Phi) is 4.79. The van der Waals surface area contributed by atoms with Crippen LogP contribution in [0.25, 0.3) is 0 Å². The second kappa shape index (κ2) is 6.24. The van der Waals surface area contributed by atoms with E-state index in [0.717, 1.165) is 6.42 Å². The van der Waals surface area contributed by atoms with Crippen molar-refractivity contribution >= 4 is 35.0 Å². The molecule has 0 aliphatic heterocycles. The van der Waals surface area contributed by atoms with Crippen LogP contribution in [-0.2, 0) is 4.79 Å². The quantitative estimate of drug-likeness (QED) is 0.787. The molecule has 0 atom stereocenters. The normalized spacial score (nSPS) is 16.1. The molecule has 1 fully saturated rings. The van der Waals surface area contributed by atoms with E-state index in [2.05, 4.69) is 0 Å². The summed E-state index contributed by atoms with van der Waals surface area (Å²) in [6.45, 7) is 1.90. The SMILES string of the molecule is CCCC(=O)c1ccc(OC2(C(=O)O)CCC2)c(Cl)c1Cl. The van der Waals surface area contributed by atoms with Crippen LogP contribution in [0, 0.1) is 0 Å². The van der Waals surface area contributed by atoms with Crippen LogP contribution in [0.1, 0.15) is 49.4 Å². The van der Waals surface area contributed by atoms with Crippen molar-refractivity contribution in [3.8, 4) is 5.75 Å². The summed E-state index contributed by atoms with van der Waals surface area (Å²) in [5.41, 5.74) is -0.879. The summed E-state index contributed by atoms with van der Waals surface area (Å²) in [5, 5.41) is 9.47. The van der Waals surface area contributed by atoms with Gasteiger partial charge < -0.3 is 9.84 Å². The van der Waals surface area contributed by atoms with Crippen molar-refractivity contribution in [1.82, 2.24) is 0 Å². The zero-order chi connectivity index (χ0) is 15.6. The summed E-state index contributed by atoms with van der Waals surface area (Å²) >= 11 is 12.3. The molecule has 1 aromatic carbocycles. The Hall–Kier alpha value is -1.26. The van der Waals surface area contributed by atoms with Gasteiger partial charge in [-0.1, -0.05) is 30.1 Å². The molecule has 1 aliphatic carbocycles. The molecular formula is C15H16Cl2O4. The second-order valence-electron chi connectivity index (χ2n) is 5.17. The topological polar surface area (TPSA) is 63.6 Å². The monoisotopic (exact) mass is 330 g/mol. The fraction of sp³-hybridized carbons (Fsp3) is 0.467. The number of benzene rings is 1. The summed E-state index contributed by atoms with van der Waals surface area (Å²) in [4.78, 5) is 23.2. The van der Waals surface area contributed by atoms with Crippen molar-refractivity contribution in [2.24, 2.45) is 0 Å². The number of carbonyl (C=O) groups excluding carboxylic acids is 1. The Morgan fingerprint density at radius 1 is 1.29 bits per heavy atom. The minimum atomic E-state index is -1.22. The van der Waals surface area contributed by atoms with Gasteiger partial charge in [0.25, 0.3) is 0 Å². The highest BCUT2D eigenvalue weighted by Gasteiger charge is 2.47. The van der Waals surface area contributed by atoms with Gasteiger partial charge in [-0.2, -0.15) is 0 Å². The Morgan fingerprint density at radius 3 is 2.43 bits per heavy atom. The van der Waals surface area contributed by atoms with Crippen molar-refractivity contribution < 1.29 is 19.4 Å². The zero-order valence-corrected chi connectivity index (χ0v) is 13.1. The number of ketones is 1. The number of hydrogen-bond acceptors (Lipinski definition) is 3. The first-order chi connectivity index (χ1) is 9.91. The lowest BCUT2D eigenvalue weighted by Gasteiger charge is -2.37. The maximum atomic E-state index is 11.9. The standard InChI is InChI=1S/C15H16Cl2O4/c1-2-4-10(18)9-5-6-11(13(17)12(9)16)21-15(14(19)20)7-3-8-15/h5-6H,2-4,7-8H2,1H3,(H,19,20). The van der Waals surface area contributed by atoms with Crippen molar-refractivity contribution in [2.75, 3.05) is 0 Å². The number of carbonyl (C=O) groups is 2. The average molecular weight is 331 g/mol. The number of carboxylic acids is 1. The summed E-state index contributed by atoms with van der Waals surface area (Å²) in [5.74, 6) is -0.892. The van der Waals surface area contributed by atoms with Gasteiger partial charge in [-0.25, -0.2) is 4.79 Å². The first-order valence-corrected chi connectivity index (χ1v) is 7.60. The largest absolute Gasteiger partial charge is 0.478 e. The molecule has 4 nitrogen and oxygen atoms in total. The molecule has 114 valence electrons. The minimum absolute atomic E-state index is 0.0890. The van der Waals surface area contributed by atoms with Gasteiger partial charge in [0, 0.05) is 12.0 Å². The molecule has 0 bridgehead atoms. The van der Waals surface area contributed by atoms with E-state index < -0.39 is 11.6 Å². The number of Topliss-reactive ketones (excluding diaryl/α,β-unsaturated/α-hetero) is 1. The zero-order valence-electron chi connectivity index (χ0n) is 11.6. The van der Waals surface area contributed by atoms with Crippen LogP contribution < -0.4 is 4.74 Å². The molecule has 6 heteroatoms. The number of ether oxygens (including phenoxy) is 1. The van der Waals surface area contributed by atoms with Crippen molar-refractivity contribution in [3.05, 3.63) is 27.7 Å². The van der Waals surface area contributed by atoms with Gasteiger partial charge in [0.15, 0.2) is 5.78 Å². The first kappa shape index (κ1) is 16.1. The number of hydrogen-bond donors (Lipinski definition) is 1. The van der Waals surface area contributed by atoms with Crippen LogP contribution in [-0.4, -0.2) is 22.5 Å². The van der Waals surface area contributed by atoms with Crippen LogP contribution in [0.4, 0.5) is 0 Å². The summed E-state index contributed by atoms with van der Waals surface area (Å²) in [6.07, 6.45) is 2.77. The Labute approximate surface area is 133 Å². The van der Waals surface area contributed by atoms with Crippen molar-refractivity contribution in [3.63, 3.8) is 0 Å². The highest BCUT2D eigenvalue weighted by atomic mass is 35.5. The molecule has 0 unspecified atom stereocenters. The van der Waals surface area contributed by atoms with Gasteiger partial charge in [-0.05, 0) is 37.8 Å². The maximum absolute atomic E-state index is 11.9. The third kappa shape index (κ3) is 3.01. The predicted molar refractivity (Wildman–Crippen MR) is 80.5 cm³/mol. The number of halogens is 2. The average Bonchev–Trinajstić information content (AvgIpc) is 2.38. The second-order valence-corrected chi connectivity index (χ2v) is 5.92. The first-order valence-electron chi connectivity index (χ1n) is 6.85. The lowest BCUT2D eigenvalue weighted by atomic mass is 9.80. The molecule has 2 rings (SSSR count). The maximum Gasteiger partial charge on any atom is 0.348 e. The van der Waals surface area contributed by atoms with Gasteiger partial charge in [0.2, 0.25) is 5.60 Å². The fourth-order valence-corrected chi connectivity index (χ4v) is 2.72. The molecule has 1 aromatic rings. The molecule has 1 saturated carbocycles. The number of rotatable bonds is 6. The lowest BCUT2D eigenvalue weighted by molar-refractivity contribution is -0.163. The van der Waals surface area contributed by atoms with E-state index in [1.807, 2.05) is 6.92 Å². The molecule has 0 heterocycles. The Morgan fingerprint density at radius 2 is 1.95 bits per heavy atom. The molecule has 0 radical (unpaired) electrons. The molecule has 21 heavy (non-hydrogen) atoms. The lowest BCUT2D eigenvalue weighted by Crippen LogP contribution is -2.50. The van der Waals surface area contributed by atoms with Crippen LogP contribution in [0.2, 0.25) is 10.0 Å².